The van der Waals surface area contributed by atoms with Crippen molar-refractivity contribution in [2.75, 3.05) is 6.54 Å². The highest BCUT2D eigenvalue weighted by atomic mass is 16.3. The highest BCUT2D eigenvalue weighted by Gasteiger charge is 2.14. The largest absolute Gasteiger partial charge is 0.508 e. The fourth-order valence-electron chi connectivity index (χ4n) is 2.09. The molecule has 0 fully saturated rings. The number of hydrogen-bond acceptors (Lipinski definition) is 3. The summed E-state index contributed by atoms with van der Waals surface area (Å²) in [5.74, 6) is 1.35. The number of nitrogens with one attached hydrogen (secondary N) is 1. The van der Waals surface area contributed by atoms with E-state index in [-0.39, 0.29) is 0 Å². The Morgan fingerprint density at radius 3 is 3.19 bits per heavy atom. The van der Waals surface area contributed by atoms with Crippen molar-refractivity contribution in [3.8, 4) is 17.0 Å². The molecule has 4 heteroatoms. The molecule has 0 saturated heterocycles. The topological polar surface area (TPSA) is 50.1 Å². The second-order valence-electron chi connectivity index (χ2n) is 3.94. The highest BCUT2D eigenvalue weighted by Crippen LogP contribution is 2.24. The standard InChI is InChI=1S/C12H13N3O/c16-10-3-1-2-9(6-10)11-7-14-12-8-13-4-5-15(11)12/h1-3,6-7,13,16H,4-5,8H2. The van der Waals surface area contributed by atoms with Crippen molar-refractivity contribution < 1.29 is 5.11 Å². The van der Waals surface area contributed by atoms with E-state index in [9.17, 15) is 5.11 Å². The third-order valence-corrected chi connectivity index (χ3v) is 2.88. The first-order valence-corrected chi connectivity index (χ1v) is 5.39. The molecule has 4 nitrogen and oxygen atoms in total. The van der Waals surface area contributed by atoms with Crippen molar-refractivity contribution >= 4 is 0 Å². The smallest absolute Gasteiger partial charge is 0.123 e. The monoisotopic (exact) mass is 215 g/mol. The van der Waals surface area contributed by atoms with Gasteiger partial charge in [-0.15, -0.1) is 0 Å². The van der Waals surface area contributed by atoms with Crippen LogP contribution in [0.15, 0.2) is 30.5 Å². The maximum Gasteiger partial charge on any atom is 0.123 e. The second-order valence-corrected chi connectivity index (χ2v) is 3.94. The van der Waals surface area contributed by atoms with Crippen LogP contribution in [0.3, 0.4) is 0 Å². The maximum atomic E-state index is 9.47. The lowest BCUT2D eigenvalue weighted by molar-refractivity contribution is 0.475. The molecule has 2 aromatic rings. The van der Waals surface area contributed by atoms with E-state index in [0.717, 1.165) is 36.7 Å². The van der Waals surface area contributed by atoms with E-state index >= 15 is 0 Å². The molecule has 2 N–H and O–H groups in total. The predicted molar refractivity (Wildman–Crippen MR) is 61.0 cm³/mol. The normalized spacial score (nSPS) is 14.8. The minimum absolute atomic E-state index is 0.294. The molecule has 0 aliphatic carbocycles. The zero-order chi connectivity index (χ0) is 11.0. The van der Waals surface area contributed by atoms with Gasteiger partial charge in [-0.05, 0) is 12.1 Å². The summed E-state index contributed by atoms with van der Waals surface area (Å²) in [5.41, 5.74) is 2.09. The van der Waals surface area contributed by atoms with Gasteiger partial charge in [0.15, 0.2) is 0 Å². The zero-order valence-corrected chi connectivity index (χ0v) is 8.85. The van der Waals surface area contributed by atoms with Crippen LogP contribution < -0.4 is 5.32 Å². The number of imidazole rings is 1. The first kappa shape index (κ1) is 9.42. The Labute approximate surface area is 93.6 Å². The van der Waals surface area contributed by atoms with Crippen LogP contribution in [0.5, 0.6) is 5.75 Å². The van der Waals surface area contributed by atoms with Gasteiger partial charge in [-0.3, -0.25) is 0 Å². The molecule has 2 heterocycles. The molecule has 1 aromatic carbocycles. The Hall–Kier alpha value is -1.81. The second kappa shape index (κ2) is 3.64. The Balaban J connectivity index is 2.09. The van der Waals surface area contributed by atoms with Crippen molar-refractivity contribution in [2.24, 2.45) is 0 Å². The van der Waals surface area contributed by atoms with E-state index in [1.807, 2.05) is 18.3 Å². The third-order valence-electron chi connectivity index (χ3n) is 2.88. The van der Waals surface area contributed by atoms with Crippen molar-refractivity contribution in [2.45, 2.75) is 13.1 Å². The number of rotatable bonds is 1. The van der Waals surface area contributed by atoms with Gasteiger partial charge in [-0.1, -0.05) is 12.1 Å². The fourth-order valence-corrected chi connectivity index (χ4v) is 2.09. The molecule has 1 aliphatic rings. The minimum atomic E-state index is 0.294. The molecule has 0 atom stereocenters. The van der Waals surface area contributed by atoms with Crippen molar-refractivity contribution in [3.63, 3.8) is 0 Å². The summed E-state index contributed by atoms with van der Waals surface area (Å²) in [5, 5.41) is 12.8. The zero-order valence-electron chi connectivity index (χ0n) is 8.85. The number of benzene rings is 1. The van der Waals surface area contributed by atoms with Crippen molar-refractivity contribution in [1.82, 2.24) is 14.9 Å². The van der Waals surface area contributed by atoms with Crippen LogP contribution in [0.2, 0.25) is 0 Å². The summed E-state index contributed by atoms with van der Waals surface area (Å²) < 4.78 is 2.20. The summed E-state index contributed by atoms with van der Waals surface area (Å²) in [6.07, 6.45) is 1.87. The van der Waals surface area contributed by atoms with Crippen LogP contribution in [0.1, 0.15) is 5.82 Å². The Morgan fingerprint density at radius 2 is 2.31 bits per heavy atom. The molecule has 16 heavy (non-hydrogen) atoms. The van der Waals surface area contributed by atoms with Crippen LogP contribution in [0.25, 0.3) is 11.3 Å². The maximum absolute atomic E-state index is 9.47. The molecular weight excluding hydrogens is 202 g/mol. The van der Waals surface area contributed by atoms with Gasteiger partial charge >= 0.3 is 0 Å². The van der Waals surface area contributed by atoms with E-state index in [1.54, 1.807) is 12.1 Å². The molecule has 82 valence electrons. The molecular formula is C12H13N3O. The molecule has 0 unspecified atom stereocenters. The van der Waals surface area contributed by atoms with Gasteiger partial charge in [0.05, 0.1) is 18.4 Å². The van der Waals surface area contributed by atoms with E-state index < -0.39 is 0 Å². The number of aromatic nitrogens is 2. The van der Waals surface area contributed by atoms with Gasteiger partial charge < -0.3 is 15.0 Å². The van der Waals surface area contributed by atoms with Crippen molar-refractivity contribution in [3.05, 3.63) is 36.3 Å². The van der Waals surface area contributed by atoms with Gasteiger partial charge in [0.1, 0.15) is 11.6 Å². The first-order valence-electron chi connectivity index (χ1n) is 5.39. The molecule has 0 bridgehead atoms. The number of phenolic OH excluding ortho intramolecular Hbond substituents is 1. The Bertz CT molecular complexity index is 519. The highest BCUT2D eigenvalue weighted by molar-refractivity contribution is 5.61. The number of phenols is 1. The van der Waals surface area contributed by atoms with Gasteiger partial charge in [0.2, 0.25) is 0 Å². The van der Waals surface area contributed by atoms with E-state index in [0.29, 0.717) is 5.75 Å². The van der Waals surface area contributed by atoms with E-state index in [2.05, 4.69) is 14.9 Å². The van der Waals surface area contributed by atoms with Gasteiger partial charge in [0.25, 0.3) is 0 Å². The Kier molecular flexibility index (Phi) is 2.15. The molecule has 1 aromatic heterocycles. The molecule has 0 saturated carbocycles. The van der Waals surface area contributed by atoms with E-state index in [4.69, 9.17) is 0 Å². The first-order chi connectivity index (χ1) is 7.84. The van der Waals surface area contributed by atoms with Crippen LogP contribution in [-0.2, 0) is 13.1 Å². The van der Waals surface area contributed by atoms with Crippen LogP contribution >= 0.6 is 0 Å². The van der Waals surface area contributed by atoms with Gasteiger partial charge in [-0.25, -0.2) is 4.98 Å². The van der Waals surface area contributed by atoms with E-state index in [1.165, 1.54) is 0 Å². The third kappa shape index (κ3) is 1.47. The average molecular weight is 215 g/mol. The summed E-state index contributed by atoms with van der Waals surface area (Å²) in [4.78, 5) is 4.38. The lowest BCUT2D eigenvalue weighted by atomic mass is 10.1. The summed E-state index contributed by atoms with van der Waals surface area (Å²) in [6, 6.07) is 7.29. The summed E-state index contributed by atoms with van der Waals surface area (Å²) >= 11 is 0. The summed E-state index contributed by atoms with van der Waals surface area (Å²) in [6.45, 7) is 2.72. The number of nitrogens with zero attached hydrogens (tertiary/aromatic N) is 2. The predicted octanol–water partition coefficient (Wildman–Crippen LogP) is 1.36. The van der Waals surface area contributed by atoms with Crippen molar-refractivity contribution in [1.29, 1.82) is 0 Å². The van der Waals surface area contributed by atoms with Crippen LogP contribution in [0, 0.1) is 0 Å². The lowest BCUT2D eigenvalue weighted by Gasteiger charge is -2.17. The number of fused-ring (bicyclic) bond motifs is 1. The quantitative estimate of drug-likeness (QED) is 0.755. The molecule has 0 radical (unpaired) electrons. The molecule has 3 rings (SSSR count). The number of hydrogen-bond donors (Lipinski definition) is 2. The number of aromatic hydroxyl groups is 1. The fraction of sp³-hybridized carbons (Fsp3) is 0.250. The van der Waals surface area contributed by atoms with Gasteiger partial charge in [-0.2, -0.15) is 0 Å². The lowest BCUT2D eigenvalue weighted by Crippen LogP contribution is -2.28. The Morgan fingerprint density at radius 1 is 1.38 bits per heavy atom. The minimum Gasteiger partial charge on any atom is -0.508 e. The molecule has 0 amide bonds. The SMILES string of the molecule is Oc1cccc(-c2cnc3n2CCNC3)c1. The molecule has 1 aliphatic heterocycles. The van der Waals surface area contributed by atoms with Gasteiger partial charge in [0, 0.05) is 18.7 Å². The van der Waals surface area contributed by atoms with Crippen LogP contribution in [-0.4, -0.2) is 21.2 Å². The van der Waals surface area contributed by atoms with Crippen LogP contribution in [0.4, 0.5) is 0 Å². The summed E-state index contributed by atoms with van der Waals surface area (Å²) in [7, 11) is 0. The average Bonchev–Trinajstić information content (AvgIpc) is 2.72. The molecule has 0 spiro atoms.